The number of hydrogen-bond donors (Lipinski definition) is 0. The summed E-state index contributed by atoms with van der Waals surface area (Å²) in [5.74, 6) is 0. The number of piperazine rings is 1. The summed E-state index contributed by atoms with van der Waals surface area (Å²) in [5.41, 5.74) is 0. The van der Waals surface area contributed by atoms with Gasteiger partial charge in [-0.2, -0.15) is 0 Å². The smallest absolute Gasteiger partial charge is 0.0635 e. The van der Waals surface area contributed by atoms with Gasteiger partial charge in [0.2, 0.25) is 0 Å². The Morgan fingerprint density at radius 2 is 1.45 bits per heavy atom. The largest absolute Gasteiger partial charge is 0.378 e. The monoisotopic (exact) mass is 156 g/mol. The van der Waals surface area contributed by atoms with Crippen LogP contribution in [0.3, 0.4) is 0 Å². The second-order valence-electron chi connectivity index (χ2n) is 3.72. The van der Waals surface area contributed by atoms with Crippen molar-refractivity contribution in [3.05, 3.63) is 0 Å². The molecule has 3 heteroatoms. The maximum atomic E-state index is 5.54. The van der Waals surface area contributed by atoms with E-state index in [4.69, 9.17) is 4.74 Å². The number of ether oxygens (including phenoxy) is 1. The third-order valence-electron chi connectivity index (χ3n) is 2.86. The highest BCUT2D eigenvalue weighted by atomic mass is 16.5. The van der Waals surface area contributed by atoms with Crippen molar-refractivity contribution in [3.63, 3.8) is 0 Å². The van der Waals surface area contributed by atoms with Crippen LogP contribution >= 0.6 is 0 Å². The first kappa shape index (κ1) is 7.53. The molecule has 3 fully saturated rings. The molecule has 2 unspecified atom stereocenters. The molecule has 3 aliphatic rings. The molecule has 0 aromatic heterocycles. The molecule has 3 heterocycles. The Kier molecular flexibility index (Phi) is 1.87. The lowest BCUT2D eigenvalue weighted by atomic mass is 10.1. The Hall–Kier alpha value is -0.120. The molecule has 2 bridgehead atoms. The fourth-order valence-corrected chi connectivity index (χ4v) is 1.94. The molecule has 0 aliphatic carbocycles. The van der Waals surface area contributed by atoms with Gasteiger partial charge in [0, 0.05) is 25.2 Å². The molecule has 0 aromatic carbocycles. The normalized spacial score (nSPS) is 40.9. The second kappa shape index (κ2) is 2.73. The molecule has 3 saturated heterocycles. The quantitative estimate of drug-likeness (QED) is 0.476. The van der Waals surface area contributed by atoms with E-state index in [9.17, 15) is 0 Å². The summed E-state index contributed by atoms with van der Waals surface area (Å²) >= 11 is 0. The van der Waals surface area contributed by atoms with E-state index in [1.54, 1.807) is 0 Å². The van der Waals surface area contributed by atoms with E-state index in [1.807, 2.05) is 0 Å². The lowest BCUT2D eigenvalue weighted by Crippen LogP contribution is -2.54. The van der Waals surface area contributed by atoms with Crippen LogP contribution in [0.2, 0.25) is 0 Å². The van der Waals surface area contributed by atoms with E-state index >= 15 is 0 Å². The first-order valence-corrected chi connectivity index (χ1v) is 4.25. The van der Waals surface area contributed by atoms with Crippen LogP contribution in [0, 0.1) is 0 Å². The van der Waals surface area contributed by atoms with Gasteiger partial charge in [0.25, 0.3) is 0 Å². The van der Waals surface area contributed by atoms with Crippen molar-refractivity contribution >= 4 is 0 Å². The lowest BCUT2D eigenvalue weighted by Gasteiger charge is -2.38. The van der Waals surface area contributed by atoms with Crippen molar-refractivity contribution in [1.29, 1.82) is 0 Å². The van der Waals surface area contributed by atoms with Gasteiger partial charge in [0.15, 0.2) is 0 Å². The fraction of sp³-hybridized carbons (Fsp3) is 1.00. The summed E-state index contributed by atoms with van der Waals surface area (Å²) in [4.78, 5) is 4.83. The highest BCUT2D eigenvalue weighted by molar-refractivity contribution is 4.88. The van der Waals surface area contributed by atoms with Crippen LogP contribution in [0.4, 0.5) is 0 Å². The van der Waals surface area contributed by atoms with Crippen LogP contribution in [0.15, 0.2) is 0 Å². The number of fused-ring (bicyclic) bond motifs is 4. The van der Waals surface area contributed by atoms with Crippen molar-refractivity contribution < 1.29 is 4.74 Å². The van der Waals surface area contributed by atoms with Gasteiger partial charge >= 0.3 is 0 Å². The molecule has 3 nitrogen and oxygen atoms in total. The maximum absolute atomic E-state index is 5.54. The summed E-state index contributed by atoms with van der Waals surface area (Å²) in [6, 6.07) is 1.25. The minimum Gasteiger partial charge on any atom is -0.378 e. The van der Waals surface area contributed by atoms with E-state index in [-0.39, 0.29) is 0 Å². The van der Waals surface area contributed by atoms with Crippen molar-refractivity contribution in [2.45, 2.75) is 12.1 Å². The first-order valence-electron chi connectivity index (χ1n) is 4.25. The average molecular weight is 156 g/mol. The van der Waals surface area contributed by atoms with E-state index in [0.29, 0.717) is 12.1 Å². The standard InChI is InChI=1S/C8H16N2O/c1-9-3-8-6-11-5-7(9)4-10(8)2/h7-8H,3-6H2,1-2H3. The zero-order valence-electron chi connectivity index (χ0n) is 7.29. The molecule has 0 radical (unpaired) electrons. The molecular weight excluding hydrogens is 140 g/mol. The summed E-state index contributed by atoms with van der Waals surface area (Å²) < 4.78 is 5.54. The Balaban J connectivity index is 2.12. The number of hydrogen-bond acceptors (Lipinski definition) is 3. The van der Waals surface area contributed by atoms with Gasteiger partial charge in [-0.05, 0) is 14.1 Å². The SMILES string of the molecule is CN1CC2COCC1CN2C. The van der Waals surface area contributed by atoms with Crippen LogP contribution in [-0.4, -0.2) is 62.3 Å². The van der Waals surface area contributed by atoms with Crippen molar-refractivity contribution in [2.24, 2.45) is 0 Å². The van der Waals surface area contributed by atoms with Crippen molar-refractivity contribution in [2.75, 3.05) is 40.4 Å². The molecule has 0 N–H and O–H groups in total. The topological polar surface area (TPSA) is 15.7 Å². The zero-order chi connectivity index (χ0) is 7.84. The van der Waals surface area contributed by atoms with Gasteiger partial charge in [-0.3, -0.25) is 9.80 Å². The molecule has 2 atom stereocenters. The lowest BCUT2D eigenvalue weighted by molar-refractivity contribution is 0.0898. The highest BCUT2D eigenvalue weighted by Gasteiger charge is 2.32. The van der Waals surface area contributed by atoms with Gasteiger partial charge in [0.1, 0.15) is 0 Å². The van der Waals surface area contributed by atoms with Gasteiger partial charge in [-0.15, -0.1) is 0 Å². The summed E-state index contributed by atoms with van der Waals surface area (Å²) in [7, 11) is 4.39. The van der Waals surface area contributed by atoms with Gasteiger partial charge in [-0.1, -0.05) is 0 Å². The molecule has 0 amide bonds. The first-order chi connectivity index (χ1) is 5.27. The Bertz CT molecular complexity index is 135. The zero-order valence-corrected chi connectivity index (χ0v) is 7.29. The third-order valence-corrected chi connectivity index (χ3v) is 2.86. The molecule has 0 aromatic rings. The number of rotatable bonds is 0. The predicted octanol–water partition coefficient (Wildman–Crippen LogP) is -0.369. The van der Waals surface area contributed by atoms with Crippen molar-refractivity contribution in [3.8, 4) is 0 Å². The third kappa shape index (κ3) is 1.28. The molecule has 3 rings (SSSR count). The average Bonchev–Trinajstić information content (AvgIpc) is 2.21. The summed E-state index contributed by atoms with van der Waals surface area (Å²) in [6.45, 7) is 4.16. The second-order valence-corrected chi connectivity index (χ2v) is 3.72. The van der Waals surface area contributed by atoms with Crippen LogP contribution in [0.5, 0.6) is 0 Å². The maximum Gasteiger partial charge on any atom is 0.0635 e. The van der Waals surface area contributed by atoms with Crippen LogP contribution in [0.1, 0.15) is 0 Å². The number of nitrogens with zero attached hydrogens (tertiary/aromatic N) is 2. The Morgan fingerprint density at radius 1 is 1.00 bits per heavy atom. The molecule has 0 spiro atoms. The number of likely N-dealkylation sites (N-methyl/N-ethyl adjacent to an activating group) is 2. The molecule has 11 heavy (non-hydrogen) atoms. The van der Waals surface area contributed by atoms with E-state index in [0.717, 1.165) is 13.2 Å². The Labute approximate surface area is 67.9 Å². The summed E-state index contributed by atoms with van der Waals surface area (Å²) in [6.07, 6.45) is 0. The minimum absolute atomic E-state index is 0.624. The summed E-state index contributed by atoms with van der Waals surface area (Å²) in [5, 5.41) is 0. The van der Waals surface area contributed by atoms with Crippen molar-refractivity contribution in [1.82, 2.24) is 9.80 Å². The molecule has 64 valence electrons. The molecule has 3 aliphatic heterocycles. The predicted molar refractivity (Wildman–Crippen MR) is 43.7 cm³/mol. The van der Waals surface area contributed by atoms with E-state index in [2.05, 4.69) is 23.9 Å². The minimum atomic E-state index is 0.624. The van der Waals surface area contributed by atoms with E-state index in [1.165, 1.54) is 13.1 Å². The van der Waals surface area contributed by atoms with Crippen LogP contribution in [0.25, 0.3) is 0 Å². The van der Waals surface area contributed by atoms with Gasteiger partial charge < -0.3 is 4.74 Å². The Morgan fingerprint density at radius 3 is 1.91 bits per heavy atom. The fourth-order valence-electron chi connectivity index (χ4n) is 1.94. The molecular formula is C8H16N2O. The highest BCUT2D eigenvalue weighted by Crippen LogP contribution is 2.16. The van der Waals surface area contributed by atoms with Gasteiger partial charge in [-0.25, -0.2) is 0 Å². The van der Waals surface area contributed by atoms with E-state index < -0.39 is 0 Å². The van der Waals surface area contributed by atoms with Crippen LogP contribution < -0.4 is 0 Å². The van der Waals surface area contributed by atoms with Gasteiger partial charge in [0.05, 0.1) is 13.2 Å². The van der Waals surface area contributed by atoms with Crippen LogP contribution in [-0.2, 0) is 4.74 Å². The molecule has 0 saturated carbocycles.